The maximum atomic E-state index is 12.5. The molecule has 3 aliphatic heterocycles. The highest BCUT2D eigenvalue weighted by Gasteiger charge is 2.36. The first-order valence-corrected chi connectivity index (χ1v) is 9.28. The molecule has 0 amide bonds. The van der Waals surface area contributed by atoms with E-state index in [2.05, 4.69) is 23.5 Å². The van der Waals surface area contributed by atoms with E-state index in [0.29, 0.717) is 16.7 Å². The molecular weight excluding hydrogens is 284 g/mol. The molecule has 1 aromatic rings. The summed E-state index contributed by atoms with van der Waals surface area (Å²) >= 11 is 0. The van der Waals surface area contributed by atoms with Crippen LogP contribution in [0.25, 0.3) is 0 Å². The summed E-state index contributed by atoms with van der Waals surface area (Å²) < 4.78 is 28.0. The van der Waals surface area contributed by atoms with Gasteiger partial charge in [0.25, 0.3) is 0 Å². The van der Waals surface area contributed by atoms with Crippen molar-refractivity contribution in [3.05, 3.63) is 29.8 Å². The normalized spacial score (nSPS) is 29.0. The van der Waals surface area contributed by atoms with Crippen LogP contribution in [0.5, 0.6) is 0 Å². The van der Waals surface area contributed by atoms with Crippen molar-refractivity contribution >= 4 is 10.0 Å². The SMILES string of the molecule is CC(C)c1ccc(S(=O)(=O)NC2CN3CCC2CC3)cc1. The van der Waals surface area contributed by atoms with Crippen LogP contribution in [0.4, 0.5) is 0 Å². The number of rotatable bonds is 4. The summed E-state index contributed by atoms with van der Waals surface area (Å²) in [6, 6.07) is 7.34. The lowest BCUT2D eigenvalue weighted by molar-refractivity contribution is 0.0827. The third kappa shape index (κ3) is 3.15. The zero-order valence-electron chi connectivity index (χ0n) is 12.7. The second-order valence-corrected chi connectivity index (χ2v) is 8.30. The van der Waals surface area contributed by atoms with Gasteiger partial charge in [0.05, 0.1) is 4.90 Å². The Bertz CT molecular complexity index is 587. The number of fused-ring (bicyclic) bond motifs is 3. The molecule has 2 bridgehead atoms. The molecule has 0 aromatic heterocycles. The summed E-state index contributed by atoms with van der Waals surface area (Å²) in [4.78, 5) is 2.73. The average Bonchev–Trinajstić information content (AvgIpc) is 2.48. The first-order valence-electron chi connectivity index (χ1n) is 7.80. The molecule has 1 N–H and O–H groups in total. The molecule has 1 aromatic carbocycles. The van der Waals surface area contributed by atoms with E-state index in [-0.39, 0.29) is 6.04 Å². The fraction of sp³-hybridized carbons (Fsp3) is 0.625. The number of sulfonamides is 1. The van der Waals surface area contributed by atoms with Gasteiger partial charge >= 0.3 is 0 Å². The zero-order chi connectivity index (χ0) is 15.0. The van der Waals surface area contributed by atoms with Crippen molar-refractivity contribution in [3.63, 3.8) is 0 Å². The zero-order valence-corrected chi connectivity index (χ0v) is 13.6. The van der Waals surface area contributed by atoms with E-state index < -0.39 is 10.0 Å². The minimum atomic E-state index is -3.40. The lowest BCUT2D eigenvalue weighted by Crippen LogP contribution is -2.57. The van der Waals surface area contributed by atoms with Crippen LogP contribution in [-0.2, 0) is 10.0 Å². The Morgan fingerprint density at radius 1 is 1.14 bits per heavy atom. The van der Waals surface area contributed by atoms with Crippen molar-refractivity contribution in [1.29, 1.82) is 0 Å². The molecular formula is C16H24N2O2S. The summed E-state index contributed by atoms with van der Waals surface area (Å²) in [7, 11) is -3.40. The third-order valence-corrected chi connectivity index (χ3v) is 6.33. The summed E-state index contributed by atoms with van der Waals surface area (Å²) in [5.74, 6) is 0.913. The van der Waals surface area contributed by atoms with E-state index in [0.717, 1.165) is 38.0 Å². The van der Waals surface area contributed by atoms with Gasteiger partial charge in [0, 0.05) is 12.6 Å². The van der Waals surface area contributed by atoms with Crippen molar-refractivity contribution in [1.82, 2.24) is 9.62 Å². The summed E-state index contributed by atoms with van der Waals surface area (Å²) in [6.07, 6.45) is 2.22. The molecule has 4 rings (SSSR count). The van der Waals surface area contributed by atoms with Crippen LogP contribution in [0.3, 0.4) is 0 Å². The van der Waals surface area contributed by atoms with Crippen LogP contribution in [0, 0.1) is 5.92 Å². The van der Waals surface area contributed by atoms with Gasteiger partial charge in [-0.2, -0.15) is 0 Å². The molecule has 0 spiro atoms. The highest BCUT2D eigenvalue weighted by Crippen LogP contribution is 2.28. The van der Waals surface area contributed by atoms with Crippen molar-refractivity contribution in [2.24, 2.45) is 5.92 Å². The number of hydrogen-bond donors (Lipinski definition) is 1. The minimum absolute atomic E-state index is 0.0716. The molecule has 116 valence electrons. The van der Waals surface area contributed by atoms with Gasteiger partial charge in [0.1, 0.15) is 0 Å². The lowest BCUT2D eigenvalue weighted by Gasteiger charge is -2.44. The molecule has 0 radical (unpaired) electrons. The first-order chi connectivity index (χ1) is 9.95. The average molecular weight is 308 g/mol. The van der Waals surface area contributed by atoms with Gasteiger partial charge in [0.15, 0.2) is 0 Å². The topological polar surface area (TPSA) is 49.4 Å². The number of hydrogen-bond acceptors (Lipinski definition) is 3. The Morgan fingerprint density at radius 2 is 1.76 bits per heavy atom. The molecule has 1 unspecified atom stereocenters. The van der Waals surface area contributed by atoms with Crippen LogP contribution in [0.1, 0.15) is 38.2 Å². The highest BCUT2D eigenvalue weighted by atomic mass is 32.2. The predicted octanol–water partition coefficient (Wildman–Crippen LogP) is 2.18. The van der Waals surface area contributed by atoms with Crippen LogP contribution in [0.2, 0.25) is 0 Å². The van der Waals surface area contributed by atoms with Crippen LogP contribution >= 0.6 is 0 Å². The van der Waals surface area contributed by atoms with Gasteiger partial charge in [-0.3, -0.25) is 0 Å². The summed E-state index contributed by atoms with van der Waals surface area (Å²) in [5, 5.41) is 0. The number of benzene rings is 1. The Labute approximate surface area is 127 Å². The smallest absolute Gasteiger partial charge is 0.240 e. The largest absolute Gasteiger partial charge is 0.302 e. The van der Waals surface area contributed by atoms with Gasteiger partial charge in [-0.25, -0.2) is 13.1 Å². The molecule has 4 nitrogen and oxygen atoms in total. The van der Waals surface area contributed by atoms with Crippen molar-refractivity contribution in [2.45, 2.75) is 43.5 Å². The Balaban J connectivity index is 1.74. The highest BCUT2D eigenvalue weighted by molar-refractivity contribution is 7.89. The molecule has 0 aliphatic carbocycles. The Morgan fingerprint density at radius 3 is 2.24 bits per heavy atom. The monoisotopic (exact) mass is 308 g/mol. The van der Waals surface area contributed by atoms with Gasteiger partial charge in [-0.1, -0.05) is 26.0 Å². The molecule has 3 aliphatic rings. The Hall–Kier alpha value is -0.910. The fourth-order valence-corrected chi connectivity index (χ4v) is 4.69. The second-order valence-electron chi connectivity index (χ2n) is 6.59. The minimum Gasteiger partial charge on any atom is -0.302 e. The number of nitrogens with one attached hydrogen (secondary N) is 1. The molecule has 0 saturated carbocycles. The van der Waals surface area contributed by atoms with E-state index in [1.807, 2.05) is 12.1 Å². The molecule has 1 atom stereocenters. The summed E-state index contributed by atoms with van der Waals surface area (Å²) in [6.45, 7) is 7.30. The molecule has 3 heterocycles. The fourth-order valence-electron chi connectivity index (χ4n) is 3.40. The number of nitrogens with zero attached hydrogens (tertiary/aromatic N) is 1. The van der Waals surface area contributed by atoms with Crippen LogP contribution in [0.15, 0.2) is 29.2 Å². The van der Waals surface area contributed by atoms with Crippen molar-refractivity contribution in [3.8, 4) is 0 Å². The van der Waals surface area contributed by atoms with Gasteiger partial charge in [-0.05, 0) is 55.5 Å². The molecule has 3 saturated heterocycles. The van der Waals surface area contributed by atoms with Crippen molar-refractivity contribution < 1.29 is 8.42 Å². The van der Waals surface area contributed by atoms with Crippen LogP contribution in [-0.4, -0.2) is 39.0 Å². The van der Waals surface area contributed by atoms with Gasteiger partial charge in [0.2, 0.25) is 10.0 Å². The van der Waals surface area contributed by atoms with E-state index in [1.54, 1.807) is 12.1 Å². The molecule has 21 heavy (non-hydrogen) atoms. The number of piperidine rings is 3. The van der Waals surface area contributed by atoms with E-state index >= 15 is 0 Å². The van der Waals surface area contributed by atoms with Crippen LogP contribution < -0.4 is 4.72 Å². The first kappa shape index (κ1) is 15.0. The molecule has 3 fully saturated rings. The maximum absolute atomic E-state index is 12.5. The van der Waals surface area contributed by atoms with Crippen molar-refractivity contribution in [2.75, 3.05) is 19.6 Å². The lowest BCUT2D eigenvalue weighted by atomic mass is 9.85. The van der Waals surface area contributed by atoms with E-state index in [4.69, 9.17) is 0 Å². The summed E-state index contributed by atoms with van der Waals surface area (Å²) in [5.41, 5.74) is 1.16. The van der Waals surface area contributed by atoms with Gasteiger partial charge < -0.3 is 4.90 Å². The van der Waals surface area contributed by atoms with E-state index in [9.17, 15) is 8.42 Å². The second kappa shape index (κ2) is 5.71. The maximum Gasteiger partial charge on any atom is 0.240 e. The Kier molecular flexibility index (Phi) is 4.08. The van der Waals surface area contributed by atoms with E-state index in [1.165, 1.54) is 0 Å². The molecule has 5 heteroatoms. The quantitative estimate of drug-likeness (QED) is 0.927. The standard InChI is InChI=1S/C16H24N2O2S/c1-12(2)13-3-5-15(6-4-13)21(19,20)17-16-11-18-9-7-14(16)8-10-18/h3-6,12,14,16-17H,7-11H2,1-2H3. The third-order valence-electron chi connectivity index (χ3n) is 4.82. The predicted molar refractivity (Wildman–Crippen MR) is 83.8 cm³/mol. The van der Waals surface area contributed by atoms with Gasteiger partial charge in [-0.15, -0.1) is 0 Å².